The van der Waals surface area contributed by atoms with Crippen LogP contribution in [0.1, 0.15) is 30.4 Å². The molecule has 0 aromatic carbocycles. The molecule has 3 rings (SSSR count). The van der Waals surface area contributed by atoms with Gasteiger partial charge in [-0.3, -0.25) is 0 Å². The van der Waals surface area contributed by atoms with Gasteiger partial charge in [0.15, 0.2) is 0 Å². The molecule has 0 atom stereocenters. The summed E-state index contributed by atoms with van der Waals surface area (Å²) in [6.07, 6.45) is 6.04. The lowest BCUT2D eigenvalue weighted by Crippen LogP contribution is -2.00. The molecule has 0 saturated heterocycles. The summed E-state index contributed by atoms with van der Waals surface area (Å²) in [6.45, 7) is 0.673. The van der Waals surface area contributed by atoms with Crippen molar-refractivity contribution in [2.45, 2.75) is 25.3 Å². The van der Waals surface area contributed by atoms with E-state index in [0.29, 0.717) is 12.5 Å². The van der Waals surface area contributed by atoms with Gasteiger partial charge in [0.05, 0.1) is 6.54 Å². The van der Waals surface area contributed by atoms with Gasteiger partial charge in [0, 0.05) is 29.8 Å². The second-order valence-corrected chi connectivity index (χ2v) is 4.37. The molecule has 78 valence electrons. The summed E-state index contributed by atoms with van der Waals surface area (Å²) in [4.78, 5) is 11.6. The SMILES string of the molecule is c1c[nH]c(CNc2nc(C3CC3)ns2)n1. The van der Waals surface area contributed by atoms with Crippen molar-refractivity contribution in [1.29, 1.82) is 0 Å². The normalized spacial score (nSPS) is 15.5. The Morgan fingerprint density at radius 2 is 2.47 bits per heavy atom. The lowest BCUT2D eigenvalue weighted by molar-refractivity contribution is 0.963. The first-order valence-corrected chi connectivity index (χ1v) is 5.75. The molecule has 0 bridgehead atoms. The standard InChI is InChI=1S/C9H11N5S/c1-2-6(1)8-13-9(15-14-8)12-5-7-10-3-4-11-7/h3-4,6H,1-2,5H2,(H,10,11)(H,12,13,14). The third-order valence-corrected chi connectivity index (χ3v) is 3.03. The Bertz CT molecular complexity index is 431. The van der Waals surface area contributed by atoms with Gasteiger partial charge in [0.1, 0.15) is 11.6 Å². The number of nitrogens with zero attached hydrogens (tertiary/aromatic N) is 3. The fourth-order valence-electron chi connectivity index (χ4n) is 1.37. The number of H-pyrrole nitrogens is 1. The average molecular weight is 221 g/mol. The van der Waals surface area contributed by atoms with Crippen LogP contribution < -0.4 is 5.32 Å². The van der Waals surface area contributed by atoms with Crippen LogP contribution in [0.2, 0.25) is 0 Å². The second kappa shape index (κ2) is 3.62. The van der Waals surface area contributed by atoms with Gasteiger partial charge >= 0.3 is 0 Å². The molecular formula is C9H11N5S. The van der Waals surface area contributed by atoms with E-state index in [1.807, 2.05) is 6.20 Å². The van der Waals surface area contributed by atoms with E-state index in [1.54, 1.807) is 6.20 Å². The molecule has 2 N–H and O–H groups in total. The molecule has 1 fully saturated rings. The van der Waals surface area contributed by atoms with E-state index >= 15 is 0 Å². The third kappa shape index (κ3) is 1.99. The van der Waals surface area contributed by atoms with Crippen LogP contribution in [0.3, 0.4) is 0 Å². The molecule has 1 aliphatic carbocycles. The highest BCUT2D eigenvalue weighted by Crippen LogP contribution is 2.39. The molecule has 2 heterocycles. The topological polar surface area (TPSA) is 66.5 Å². The largest absolute Gasteiger partial charge is 0.353 e. The molecule has 0 amide bonds. The fraction of sp³-hybridized carbons (Fsp3) is 0.444. The molecule has 0 spiro atoms. The molecule has 0 aliphatic heterocycles. The van der Waals surface area contributed by atoms with Crippen molar-refractivity contribution >= 4 is 16.7 Å². The fourth-order valence-corrected chi connectivity index (χ4v) is 2.01. The molecule has 5 nitrogen and oxygen atoms in total. The van der Waals surface area contributed by atoms with Crippen LogP contribution in [0.25, 0.3) is 0 Å². The van der Waals surface area contributed by atoms with Crippen LogP contribution in [0, 0.1) is 0 Å². The molecule has 2 aromatic rings. The molecule has 15 heavy (non-hydrogen) atoms. The maximum absolute atomic E-state index is 4.43. The predicted octanol–water partition coefficient (Wildman–Crippen LogP) is 1.75. The predicted molar refractivity (Wildman–Crippen MR) is 57.8 cm³/mol. The number of hydrogen-bond donors (Lipinski definition) is 2. The smallest absolute Gasteiger partial charge is 0.202 e. The number of imidazole rings is 1. The van der Waals surface area contributed by atoms with E-state index in [0.717, 1.165) is 16.8 Å². The van der Waals surface area contributed by atoms with Gasteiger partial charge in [0.2, 0.25) is 5.13 Å². The van der Waals surface area contributed by atoms with Gasteiger partial charge < -0.3 is 10.3 Å². The van der Waals surface area contributed by atoms with Crippen molar-refractivity contribution in [2.24, 2.45) is 0 Å². The van der Waals surface area contributed by atoms with Crippen LogP contribution in [-0.2, 0) is 6.54 Å². The summed E-state index contributed by atoms with van der Waals surface area (Å²) >= 11 is 1.43. The monoisotopic (exact) mass is 221 g/mol. The first kappa shape index (κ1) is 8.84. The quantitative estimate of drug-likeness (QED) is 0.825. The number of nitrogens with one attached hydrogen (secondary N) is 2. The van der Waals surface area contributed by atoms with Crippen molar-refractivity contribution in [3.8, 4) is 0 Å². The van der Waals surface area contributed by atoms with Crippen molar-refractivity contribution in [2.75, 3.05) is 5.32 Å². The van der Waals surface area contributed by atoms with Crippen molar-refractivity contribution < 1.29 is 0 Å². The highest BCUT2D eigenvalue weighted by molar-refractivity contribution is 7.09. The van der Waals surface area contributed by atoms with Gasteiger partial charge in [-0.15, -0.1) is 0 Å². The van der Waals surface area contributed by atoms with E-state index in [4.69, 9.17) is 0 Å². The summed E-state index contributed by atoms with van der Waals surface area (Å²) < 4.78 is 4.32. The van der Waals surface area contributed by atoms with E-state index in [9.17, 15) is 0 Å². The Morgan fingerprint density at radius 3 is 3.20 bits per heavy atom. The maximum Gasteiger partial charge on any atom is 0.202 e. The summed E-state index contributed by atoms with van der Waals surface area (Å²) in [6, 6.07) is 0. The van der Waals surface area contributed by atoms with Gasteiger partial charge in [-0.05, 0) is 12.8 Å². The number of aromatic amines is 1. The molecule has 1 aliphatic rings. The summed E-state index contributed by atoms with van der Waals surface area (Å²) in [5.74, 6) is 2.54. The Hall–Kier alpha value is -1.43. The molecule has 0 unspecified atom stereocenters. The number of anilines is 1. The van der Waals surface area contributed by atoms with Crippen molar-refractivity contribution in [3.63, 3.8) is 0 Å². The lowest BCUT2D eigenvalue weighted by Gasteiger charge is -1.97. The third-order valence-electron chi connectivity index (χ3n) is 2.35. The van der Waals surface area contributed by atoms with Crippen LogP contribution in [0.15, 0.2) is 12.4 Å². The summed E-state index contributed by atoms with van der Waals surface area (Å²) in [5.41, 5.74) is 0. The molecule has 1 saturated carbocycles. The second-order valence-electron chi connectivity index (χ2n) is 3.62. The number of hydrogen-bond acceptors (Lipinski definition) is 5. The zero-order valence-electron chi connectivity index (χ0n) is 8.10. The van der Waals surface area contributed by atoms with Gasteiger partial charge in [-0.1, -0.05) is 0 Å². The Balaban J connectivity index is 1.61. The van der Waals surface area contributed by atoms with E-state index in [-0.39, 0.29) is 0 Å². The molecule has 2 aromatic heterocycles. The molecular weight excluding hydrogens is 210 g/mol. The van der Waals surface area contributed by atoms with Gasteiger partial charge in [-0.2, -0.15) is 4.37 Å². The van der Waals surface area contributed by atoms with Crippen molar-refractivity contribution in [1.82, 2.24) is 19.3 Å². The van der Waals surface area contributed by atoms with E-state index in [1.165, 1.54) is 24.4 Å². The van der Waals surface area contributed by atoms with Crippen molar-refractivity contribution in [3.05, 3.63) is 24.0 Å². The Labute approximate surface area is 91.1 Å². The maximum atomic E-state index is 4.43. The van der Waals surface area contributed by atoms with E-state index in [2.05, 4.69) is 24.6 Å². The van der Waals surface area contributed by atoms with Crippen LogP contribution in [-0.4, -0.2) is 19.3 Å². The van der Waals surface area contributed by atoms with Gasteiger partial charge in [-0.25, -0.2) is 9.97 Å². The Morgan fingerprint density at radius 1 is 1.53 bits per heavy atom. The lowest BCUT2D eigenvalue weighted by atomic mass is 10.4. The zero-order valence-corrected chi connectivity index (χ0v) is 8.92. The first-order chi connectivity index (χ1) is 7.42. The highest BCUT2D eigenvalue weighted by Gasteiger charge is 2.27. The minimum Gasteiger partial charge on any atom is -0.353 e. The average Bonchev–Trinajstić information content (AvgIpc) is 2.82. The highest BCUT2D eigenvalue weighted by atomic mass is 32.1. The molecule has 0 radical (unpaired) electrons. The zero-order chi connectivity index (χ0) is 10.1. The van der Waals surface area contributed by atoms with Crippen LogP contribution in [0.4, 0.5) is 5.13 Å². The summed E-state index contributed by atoms with van der Waals surface area (Å²) in [5, 5.41) is 4.08. The minimum atomic E-state index is 0.625. The molecule has 6 heteroatoms. The Kier molecular flexibility index (Phi) is 2.13. The minimum absolute atomic E-state index is 0.625. The number of aromatic nitrogens is 4. The van der Waals surface area contributed by atoms with Gasteiger partial charge in [0.25, 0.3) is 0 Å². The van der Waals surface area contributed by atoms with E-state index < -0.39 is 0 Å². The van der Waals surface area contributed by atoms with Crippen LogP contribution in [0.5, 0.6) is 0 Å². The summed E-state index contributed by atoms with van der Waals surface area (Å²) in [7, 11) is 0. The number of rotatable bonds is 4. The van der Waals surface area contributed by atoms with Crippen LogP contribution >= 0.6 is 11.5 Å². The first-order valence-electron chi connectivity index (χ1n) is 4.97.